The van der Waals surface area contributed by atoms with E-state index in [-0.39, 0.29) is 37.5 Å². The number of hydrogen-bond acceptors (Lipinski definition) is 6. The zero-order valence-corrected chi connectivity index (χ0v) is 54.2. The SMILES string of the molecule is CC/C=C\C/C=C\C/C=C\C/C=C\C/C=C\C/C=C\CCCCC(=O)OC(COC(=O)CCCCCCCCCC/C=C\C/C=C\C/C=C\CCCCCCC)COC(=O)CCCCCCCCCCC/C=C\C/C=C\CCCCCCC. The van der Waals surface area contributed by atoms with Crippen molar-refractivity contribution in [1.82, 2.24) is 0 Å². The molecule has 83 heavy (non-hydrogen) atoms. The molecule has 0 saturated carbocycles. The highest BCUT2D eigenvalue weighted by molar-refractivity contribution is 5.71. The second kappa shape index (κ2) is 70.0. The summed E-state index contributed by atoms with van der Waals surface area (Å²) in [5.41, 5.74) is 0. The van der Waals surface area contributed by atoms with Crippen molar-refractivity contribution in [2.24, 2.45) is 0 Å². The summed E-state index contributed by atoms with van der Waals surface area (Å²) < 4.78 is 16.9. The molecule has 0 fully saturated rings. The maximum absolute atomic E-state index is 12.9. The Hall–Kier alpha value is -4.45. The number of esters is 3. The van der Waals surface area contributed by atoms with E-state index in [1.165, 1.54) is 154 Å². The van der Waals surface area contributed by atoms with Crippen LogP contribution in [0.15, 0.2) is 134 Å². The summed E-state index contributed by atoms with van der Waals surface area (Å²) in [6, 6.07) is 0. The number of hydrogen-bond donors (Lipinski definition) is 0. The Morgan fingerprint density at radius 2 is 0.470 bits per heavy atom. The highest BCUT2D eigenvalue weighted by Crippen LogP contribution is 2.15. The van der Waals surface area contributed by atoms with Crippen molar-refractivity contribution in [2.45, 2.75) is 322 Å². The molecule has 0 N–H and O–H groups in total. The molecule has 0 spiro atoms. The Morgan fingerprint density at radius 3 is 0.759 bits per heavy atom. The van der Waals surface area contributed by atoms with Gasteiger partial charge in [-0.2, -0.15) is 0 Å². The van der Waals surface area contributed by atoms with Gasteiger partial charge >= 0.3 is 17.9 Å². The lowest BCUT2D eigenvalue weighted by molar-refractivity contribution is -0.167. The molecule has 1 unspecified atom stereocenters. The van der Waals surface area contributed by atoms with Crippen LogP contribution < -0.4 is 0 Å². The van der Waals surface area contributed by atoms with Crippen LogP contribution >= 0.6 is 0 Å². The second-order valence-electron chi connectivity index (χ2n) is 22.7. The molecule has 0 aliphatic rings. The molecule has 0 aliphatic heterocycles. The van der Waals surface area contributed by atoms with Gasteiger partial charge in [0.05, 0.1) is 0 Å². The molecule has 0 heterocycles. The van der Waals surface area contributed by atoms with Gasteiger partial charge in [-0.1, -0.05) is 289 Å². The smallest absolute Gasteiger partial charge is 0.306 e. The van der Waals surface area contributed by atoms with Crippen LogP contribution in [0.2, 0.25) is 0 Å². The van der Waals surface area contributed by atoms with Crippen LogP contribution in [0, 0.1) is 0 Å². The van der Waals surface area contributed by atoms with Crippen molar-refractivity contribution in [2.75, 3.05) is 13.2 Å². The lowest BCUT2D eigenvalue weighted by Crippen LogP contribution is -2.30. The van der Waals surface area contributed by atoms with E-state index in [9.17, 15) is 14.4 Å². The maximum Gasteiger partial charge on any atom is 0.306 e. The molecule has 6 heteroatoms. The van der Waals surface area contributed by atoms with Crippen LogP contribution in [-0.4, -0.2) is 37.2 Å². The van der Waals surface area contributed by atoms with Crippen molar-refractivity contribution in [1.29, 1.82) is 0 Å². The van der Waals surface area contributed by atoms with Gasteiger partial charge in [0.25, 0.3) is 0 Å². The van der Waals surface area contributed by atoms with Crippen LogP contribution in [0.5, 0.6) is 0 Å². The predicted molar refractivity (Wildman–Crippen MR) is 362 cm³/mol. The molecule has 6 nitrogen and oxygen atoms in total. The van der Waals surface area contributed by atoms with Gasteiger partial charge in [0.15, 0.2) is 6.10 Å². The third-order valence-electron chi connectivity index (χ3n) is 14.6. The zero-order valence-electron chi connectivity index (χ0n) is 54.2. The Balaban J connectivity index is 4.49. The van der Waals surface area contributed by atoms with E-state index in [0.29, 0.717) is 19.3 Å². The summed E-state index contributed by atoms with van der Waals surface area (Å²) in [5, 5.41) is 0. The Labute approximate surface area is 513 Å². The van der Waals surface area contributed by atoms with Crippen LogP contribution in [0.4, 0.5) is 0 Å². The molecule has 0 rings (SSSR count). The van der Waals surface area contributed by atoms with Crippen molar-refractivity contribution in [3.8, 4) is 0 Å². The molecule has 0 saturated heterocycles. The Morgan fingerprint density at radius 1 is 0.253 bits per heavy atom. The molecular formula is C77H128O6. The van der Waals surface area contributed by atoms with Gasteiger partial charge in [-0.05, 0) is 141 Å². The normalized spacial score (nSPS) is 13.0. The maximum atomic E-state index is 12.9. The van der Waals surface area contributed by atoms with E-state index < -0.39 is 6.10 Å². The van der Waals surface area contributed by atoms with E-state index in [1.54, 1.807) is 0 Å². The lowest BCUT2D eigenvalue weighted by atomic mass is 10.1. The first kappa shape index (κ1) is 78.5. The number of carbonyl (C=O) groups excluding carboxylic acids is 3. The topological polar surface area (TPSA) is 78.9 Å². The monoisotopic (exact) mass is 1150 g/mol. The summed E-state index contributed by atoms with van der Waals surface area (Å²) in [4.78, 5) is 38.5. The van der Waals surface area contributed by atoms with Crippen molar-refractivity contribution >= 4 is 17.9 Å². The predicted octanol–water partition coefficient (Wildman–Crippen LogP) is 24.1. The van der Waals surface area contributed by atoms with Crippen molar-refractivity contribution in [3.63, 3.8) is 0 Å². The molecule has 0 aliphatic carbocycles. The standard InChI is InChI=1S/C77H128O6/c1-4-7-10-13-16-19-22-25-28-31-34-37-38-41-43-46-49-52-55-58-61-64-67-70-76(79)82-73-74(83-77(80)71-68-65-62-59-56-53-50-47-44-40-36-33-30-27-24-21-18-15-12-9-6-3)72-81-75(78)69-66-63-60-57-54-51-48-45-42-39-35-32-29-26-23-20-17-14-11-8-5-2/h9,12,18,21-23,25-27,30-32,34-36,38,40-41,47,50,56,59,74H,4-8,10-11,13-17,19-20,24,28-29,33,37,39,42-46,48-49,51-55,57-58,60-73H2,1-3H3/b12-9-,21-18-,25-22-,26-23-,30-27-,34-31-,35-32-,40-36-,41-38-,50-47-,59-56-. The zero-order chi connectivity index (χ0) is 59.9. The number of allylic oxidation sites excluding steroid dienone is 22. The fourth-order valence-electron chi connectivity index (χ4n) is 9.43. The first-order valence-electron chi connectivity index (χ1n) is 34.7. The minimum atomic E-state index is -0.814. The van der Waals surface area contributed by atoms with Gasteiger partial charge in [-0.15, -0.1) is 0 Å². The minimum absolute atomic E-state index is 0.104. The molecule has 0 aromatic carbocycles. The molecule has 0 aromatic rings. The largest absolute Gasteiger partial charge is 0.462 e. The third kappa shape index (κ3) is 68.2. The van der Waals surface area contributed by atoms with Crippen LogP contribution in [0.25, 0.3) is 0 Å². The third-order valence-corrected chi connectivity index (χ3v) is 14.6. The number of unbranched alkanes of at least 4 members (excludes halogenated alkanes) is 29. The molecular weight excluding hydrogens is 1020 g/mol. The van der Waals surface area contributed by atoms with Crippen molar-refractivity contribution < 1.29 is 28.6 Å². The summed E-state index contributed by atoms with van der Waals surface area (Å²) in [7, 11) is 0. The van der Waals surface area contributed by atoms with Gasteiger partial charge in [-0.3, -0.25) is 14.4 Å². The quantitative estimate of drug-likeness (QED) is 0.0261. The molecule has 472 valence electrons. The van der Waals surface area contributed by atoms with Crippen LogP contribution in [0.3, 0.4) is 0 Å². The van der Waals surface area contributed by atoms with E-state index in [1.807, 2.05) is 0 Å². The molecule has 0 amide bonds. The van der Waals surface area contributed by atoms with E-state index in [2.05, 4.69) is 154 Å². The first-order valence-corrected chi connectivity index (χ1v) is 34.7. The van der Waals surface area contributed by atoms with E-state index in [4.69, 9.17) is 14.2 Å². The Bertz CT molecular complexity index is 1750. The highest BCUT2D eigenvalue weighted by atomic mass is 16.6. The first-order chi connectivity index (χ1) is 41.0. The van der Waals surface area contributed by atoms with Gasteiger partial charge < -0.3 is 14.2 Å². The van der Waals surface area contributed by atoms with Crippen molar-refractivity contribution in [3.05, 3.63) is 134 Å². The fourth-order valence-corrected chi connectivity index (χ4v) is 9.43. The lowest BCUT2D eigenvalue weighted by Gasteiger charge is -2.18. The second-order valence-corrected chi connectivity index (χ2v) is 22.7. The minimum Gasteiger partial charge on any atom is -0.462 e. The fraction of sp³-hybridized carbons (Fsp3) is 0.675. The van der Waals surface area contributed by atoms with Gasteiger partial charge in [0.1, 0.15) is 13.2 Å². The molecule has 0 bridgehead atoms. The summed E-state index contributed by atoms with van der Waals surface area (Å²) in [6.07, 6.45) is 98.9. The summed E-state index contributed by atoms with van der Waals surface area (Å²) in [5.74, 6) is -0.952. The highest BCUT2D eigenvalue weighted by Gasteiger charge is 2.19. The van der Waals surface area contributed by atoms with Gasteiger partial charge in [-0.25, -0.2) is 0 Å². The number of ether oxygens (including phenoxy) is 3. The van der Waals surface area contributed by atoms with E-state index >= 15 is 0 Å². The molecule has 0 aromatic heterocycles. The molecule has 1 atom stereocenters. The average molecular weight is 1150 g/mol. The molecule has 0 radical (unpaired) electrons. The van der Waals surface area contributed by atoms with Gasteiger partial charge in [0, 0.05) is 19.3 Å². The number of carbonyl (C=O) groups is 3. The van der Waals surface area contributed by atoms with Gasteiger partial charge in [0.2, 0.25) is 0 Å². The summed E-state index contributed by atoms with van der Waals surface area (Å²) >= 11 is 0. The average Bonchev–Trinajstić information content (AvgIpc) is 3.49. The summed E-state index contributed by atoms with van der Waals surface area (Å²) in [6.45, 7) is 6.48. The van der Waals surface area contributed by atoms with E-state index in [0.717, 1.165) is 116 Å². The Kier molecular flexibility index (Phi) is 66.3. The van der Waals surface area contributed by atoms with Crippen LogP contribution in [0.1, 0.15) is 316 Å². The number of rotatable bonds is 62. The van der Waals surface area contributed by atoms with Crippen LogP contribution in [-0.2, 0) is 28.6 Å².